The van der Waals surface area contributed by atoms with Gasteiger partial charge in [0.15, 0.2) is 0 Å². The van der Waals surface area contributed by atoms with Crippen LogP contribution in [-0.4, -0.2) is 42.4 Å². The van der Waals surface area contributed by atoms with Crippen LogP contribution in [0.25, 0.3) is 0 Å². The van der Waals surface area contributed by atoms with Crippen molar-refractivity contribution in [2.24, 2.45) is 7.05 Å². The van der Waals surface area contributed by atoms with Crippen molar-refractivity contribution >= 4 is 11.9 Å². The van der Waals surface area contributed by atoms with Gasteiger partial charge in [0.25, 0.3) is 0 Å². The summed E-state index contributed by atoms with van der Waals surface area (Å²) in [4.78, 5) is 23.7. The molecule has 7 heteroatoms. The molecule has 0 spiro atoms. The summed E-state index contributed by atoms with van der Waals surface area (Å²) in [6.07, 6.45) is 4.16. The molecule has 0 fully saturated rings. The van der Waals surface area contributed by atoms with Crippen molar-refractivity contribution in [2.45, 2.75) is 12.5 Å². The number of nitrogens with zero attached hydrogens (tertiary/aromatic N) is 2. The maximum absolute atomic E-state index is 12.3. The van der Waals surface area contributed by atoms with Crippen LogP contribution in [0.1, 0.15) is 27.5 Å². The van der Waals surface area contributed by atoms with Crippen LogP contribution < -0.4 is 10.6 Å². The van der Waals surface area contributed by atoms with Gasteiger partial charge >= 0.3 is 5.97 Å². The molecule has 7 nitrogen and oxygen atoms in total. The molecule has 0 radical (unpaired) electrons. The maximum atomic E-state index is 12.3. The van der Waals surface area contributed by atoms with Crippen molar-refractivity contribution in [1.82, 2.24) is 20.4 Å². The quantitative estimate of drug-likeness (QED) is 0.735. The third-order valence-electron chi connectivity index (χ3n) is 3.70. The number of methoxy groups -OCH3 is 1. The van der Waals surface area contributed by atoms with E-state index < -0.39 is 6.04 Å². The predicted octanol–water partition coefficient (Wildman–Crippen LogP) is 0.826. The van der Waals surface area contributed by atoms with Gasteiger partial charge in [0.1, 0.15) is 6.04 Å². The summed E-state index contributed by atoms with van der Waals surface area (Å²) in [5.74, 6) is -0.458. The summed E-state index contributed by atoms with van der Waals surface area (Å²) in [6, 6.07) is 6.72. The lowest BCUT2D eigenvalue weighted by Crippen LogP contribution is -2.36. The van der Waals surface area contributed by atoms with E-state index in [9.17, 15) is 9.59 Å². The second kappa shape index (κ2) is 8.26. The fourth-order valence-electron chi connectivity index (χ4n) is 2.40. The van der Waals surface area contributed by atoms with E-state index >= 15 is 0 Å². The normalized spacial score (nSPS) is 11.8. The van der Waals surface area contributed by atoms with Crippen LogP contribution in [-0.2, 0) is 23.0 Å². The minimum atomic E-state index is -0.430. The standard InChI is InChI=1S/C17H22N4O3/c1-18-15(14-10-20-21(2)11-14)16(22)19-9-8-12-4-6-13(7-5-12)17(23)24-3/h4-7,10-11,15,18H,8-9H2,1-3H3,(H,19,22). The average molecular weight is 330 g/mol. The first-order chi connectivity index (χ1) is 11.5. The van der Waals surface area contributed by atoms with Crippen LogP contribution in [0.4, 0.5) is 0 Å². The summed E-state index contributed by atoms with van der Waals surface area (Å²) in [7, 11) is 4.90. The second-order valence-corrected chi connectivity index (χ2v) is 5.40. The Bertz CT molecular complexity index is 694. The monoisotopic (exact) mass is 330 g/mol. The molecule has 1 aromatic heterocycles. The average Bonchev–Trinajstić information content (AvgIpc) is 3.01. The van der Waals surface area contributed by atoms with E-state index in [1.54, 1.807) is 30.1 Å². The van der Waals surface area contributed by atoms with Crippen molar-refractivity contribution in [1.29, 1.82) is 0 Å². The topological polar surface area (TPSA) is 85.2 Å². The zero-order valence-corrected chi connectivity index (χ0v) is 14.1. The fraction of sp³-hybridized carbons (Fsp3) is 0.353. The van der Waals surface area contributed by atoms with E-state index in [1.165, 1.54) is 7.11 Å². The third kappa shape index (κ3) is 4.42. The Morgan fingerprint density at radius 1 is 1.29 bits per heavy atom. The molecule has 2 rings (SSSR count). The second-order valence-electron chi connectivity index (χ2n) is 5.40. The number of likely N-dealkylation sites (N-methyl/N-ethyl adjacent to an activating group) is 1. The molecule has 0 saturated carbocycles. The fourth-order valence-corrected chi connectivity index (χ4v) is 2.40. The highest BCUT2D eigenvalue weighted by molar-refractivity contribution is 5.89. The minimum Gasteiger partial charge on any atom is -0.465 e. The first kappa shape index (κ1) is 17.7. The van der Waals surface area contributed by atoms with Gasteiger partial charge in [-0.3, -0.25) is 9.48 Å². The molecule has 1 atom stereocenters. The zero-order chi connectivity index (χ0) is 17.5. The van der Waals surface area contributed by atoms with Crippen LogP contribution in [0.3, 0.4) is 0 Å². The van der Waals surface area contributed by atoms with Gasteiger partial charge in [-0.2, -0.15) is 5.10 Å². The third-order valence-corrected chi connectivity index (χ3v) is 3.70. The molecule has 1 unspecified atom stereocenters. The Morgan fingerprint density at radius 3 is 2.54 bits per heavy atom. The Labute approximate surface area is 141 Å². The summed E-state index contributed by atoms with van der Waals surface area (Å²) >= 11 is 0. The van der Waals surface area contributed by atoms with Gasteiger partial charge in [-0.25, -0.2) is 4.79 Å². The number of hydrogen-bond acceptors (Lipinski definition) is 5. The SMILES string of the molecule is CNC(C(=O)NCCc1ccc(C(=O)OC)cc1)c1cnn(C)c1. The molecule has 0 aliphatic rings. The Balaban J connectivity index is 1.86. The van der Waals surface area contributed by atoms with Gasteiger partial charge < -0.3 is 15.4 Å². The number of carbonyl (C=O) groups is 2. The highest BCUT2D eigenvalue weighted by Gasteiger charge is 2.19. The molecule has 1 heterocycles. The number of carbonyl (C=O) groups excluding carboxylic acids is 2. The van der Waals surface area contributed by atoms with E-state index in [0.717, 1.165) is 11.1 Å². The maximum Gasteiger partial charge on any atom is 0.337 e. The lowest BCUT2D eigenvalue weighted by Gasteiger charge is -2.14. The molecule has 24 heavy (non-hydrogen) atoms. The Kier molecular flexibility index (Phi) is 6.08. The smallest absolute Gasteiger partial charge is 0.337 e. The van der Waals surface area contributed by atoms with Crippen molar-refractivity contribution in [2.75, 3.05) is 20.7 Å². The summed E-state index contributed by atoms with van der Waals surface area (Å²) in [6.45, 7) is 0.509. The number of benzene rings is 1. The van der Waals surface area contributed by atoms with Crippen LogP contribution in [0, 0.1) is 0 Å². The van der Waals surface area contributed by atoms with Gasteiger partial charge in [0, 0.05) is 25.4 Å². The molecule has 0 saturated heterocycles. The van der Waals surface area contributed by atoms with Gasteiger partial charge in [-0.15, -0.1) is 0 Å². The molecule has 128 valence electrons. The van der Waals surface area contributed by atoms with Crippen molar-refractivity contribution in [3.05, 3.63) is 53.3 Å². The molecule has 2 aromatic rings. The predicted molar refractivity (Wildman–Crippen MR) is 89.5 cm³/mol. The van der Waals surface area contributed by atoms with E-state index in [0.29, 0.717) is 18.5 Å². The number of nitrogens with one attached hydrogen (secondary N) is 2. The number of esters is 1. The van der Waals surface area contributed by atoms with Gasteiger partial charge in [-0.1, -0.05) is 12.1 Å². The Morgan fingerprint density at radius 2 is 2.00 bits per heavy atom. The van der Waals surface area contributed by atoms with Gasteiger partial charge in [-0.05, 0) is 31.2 Å². The molecule has 0 aliphatic carbocycles. The summed E-state index contributed by atoms with van der Waals surface area (Å²) in [5, 5.41) is 9.98. The molecule has 1 amide bonds. The highest BCUT2D eigenvalue weighted by Crippen LogP contribution is 2.11. The van der Waals surface area contributed by atoms with Gasteiger partial charge in [0.05, 0.1) is 18.9 Å². The highest BCUT2D eigenvalue weighted by atomic mass is 16.5. The van der Waals surface area contributed by atoms with Crippen molar-refractivity contribution in [3.8, 4) is 0 Å². The van der Waals surface area contributed by atoms with Crippen molar-refractivity contribution in [3.63, 3.8) is 0 Å². The van der Waals surface area contributed by atoms with E-state index in [4.69, 9.17) is 0 Å². The summed E-state index contributed by atoms with van der Waals surface area (Å²) < 4.78 is 6.32. The number of rotatable bonds is 7. The van der Waals surface area contributed by atoms with E-state index in [1.807, 2.05) is 25.4 Å². The van der Waals surface area contributed by atoms with E-state index in [2.05, 4.69) is 20.5 Å². The molecule has 0 bridgehead atoms. The van der Waals surface area contributed by atoms with Crippen molar-refractivity contribution < 1.29 is 14.3 Å². The van der Waals surface area contributed by atoms with Gasteiger partial charge in [0.2, 0.25) is 5.91 Å². The van der Waals surface area contributed by atoms with Crippen LogP contribution in [0.15, 0.2) is 36.7 Å². The molecule has 1 aromatic carbocycles. The number of ether oxygens (including phenoxy) is 1. The first-order valence-electron chi connectivity index (χ1n) is 7.66. The number of aromatic nitrogens is 2. The number of hydrogen-bond donors (Lipinski definition) is 2. The van der Waals surface area contributed by atoms with Crippen LogP contribution in [0.2, 0.25) is 0 Å². The largest absolute Gasteiger partial charge is 0.465 e. The summed E-state index contributed by atoms with van der Waals surface area (Å²) in [5.41, 5.74) is 2.36. The molecule has 0 aliphatic heterocycles. The Hall–Kier alpha value is -2.67. The zero-order valence-electron chi connectivity index (χ0n) is 14.1. The lowest BCUT2D eigenvalue weighted by molar-refractivity contribution is -0.123. The number of amides is 1. The molecular weight excluding hydrogens is 308 g/mol. The van der Waals surface area contributed by atoms with Crippen LogP contribution in [0.5, 0.6) is 0 Å². The number of aryl methyl sites for hydroxylation is 1. The molecule has 2 N–H and O–H groups in total. The molecular formula is C17H22N4O3. The lowest BCUT2D eigenvalue weighted by atomic mass is 10.1. The first-order valence-corrected chi connectivity index (χ1v) is 7.66. The van der Waals surface area contributed by atoms with E-state index in [-0.39, 0.29) is 11.9 Å². The minimum absolute atomic E-state index is 0.100. The van der Waals surface area contributed by atoms with Crippen LogP contribution >= 0.6 is 0 Å².